The van der Waals surface area contributed by atoms with E-state index in [2.05, 4.69) is 26.0 Å². The zero-order chi connectivity index (χ0) is 31.8. The van der Waals surface area contributed by atoms with Gasteiger partial charge in [0.2, 0.25) is 11.8 Å². The van der Waals surface area contributed by atoms with Crippen LogP contribution in [0.15, 0.2) is 24.3 Å². The summed E-state index contributed by atoms with van der Waals surface area (Å²) in [6, 6.07) is 0.327. The number of thioether (sulfide) groups is 1. The Bertz CT molecular complexity index is 1080. The maximum atomic E-state index is 12.3. The van der Waals surface area contributed by atoms with E-state index in [-0.39, 0.29) is 68.1 Å². The first-order valence-corrected chi connectivity index (χ1v) is 15.8. The Morgan fingerprint density at radius 1 is 0.886 bits per heavy atom. The lowest BCUT2D eigenvalue weighted by atomic mass is 9.93. The van der Waals surface area contributed by atoms with Gasteiger partial charge in [-0.2, -0.15) is 11.8 Å². The molecule has 2 saturated heterocycles. The number of hydrogen-bond acceptors (Lipinski definition) is 11. The second-order valence-electron chi connectivity index (χ2n) is 10.5. The first kappa shape index (κ1) is 35.1. The van der Waals surface area contributed by atoms with Crippen LogP contribution in [-0.4, -0.2) is 111 Å². The van der Waals surface area contributed by atoms with Crippen molar-refractivity contribution in [3.8, 4) is 0 Å². The molecule has 0 bridgehead atoms. The van der Waals surface area contributed by atoms with Crippen LogP contribution in [0.4, 0.5) is 4.79 Å². The second-order valence-corrected chi connectivity index (χ2v) is 11.8. The van der Waals surface area contributed by atoms with E-state index in [0.29, 0.717) is 38.0 Å². The van der Waals surface area contributed by atoms with Crippen molar-refractivity contribution in [3.63, 3.8) is 0 Å². The number of allylic oxidation sites excluding steroid dienone is 2. The summed E-state index contributed by atoms with van der Waals surface area (Å²) in [5.41, 5.74) is -1.43. The van der Waals surface area contributed by atoms with Crippen LogP contribution in [0.1, 0.15) is 44.9 Å². The van der Waals surface area contributed by atoms with Gasteiger partial charge in [-0.3, -0.25) is 24.0 Å². The minimum absolute atomic E-state index is 0.0125. The number of fused-ring (bicyclic) bond motifs is 1. The maximum absolute atomic E-state index is 12.3. The van der Waals surface area contributed by atoms with Crippen LogP contribution in [0.5, 0.6) is 0 Å². The zero-order valence-electron chi connectivity index (χ0n) is 24.9. The van der Waals surface area contributed by atoms with Crippen molar-refractivity contribution in [3.05, 3.63) is 24.3 Å². The Balaban J connectivity index is 1.11. The average molecular weight is 639 g/mol. The Hall–Kier alpha value is -3.43. The Kier molecular flexibility index (Phi) is 14.7. The Morgan fingerprint density at radius 2 is 1.55 bits per heavy atom. The number of rotatable bonds is 20. The number of unbranched alkanes of at least 4 members (excludes halogenated alkanes) is 1. The topological polar surface area (TPSA) is 187 Å². The van der Waals surface area contributed by atoms with Crippen molar-refractivity contribution < 1.29 is 47.7 Å². The lowest BCUT2D eigenvalue weighted by Gasteiger charge is -2.27. The van der Waals surface area contributed by atoms with Gasteiger partial charge in [0.25, 0.3) is 0 Å². The highest BCUT2D eigenvalue weighted by Crippen LogP contribution is 2.33. The minimum Gasteiger partial charge on any atom is -0.469 e. The van der Waals surface area contributed by atoms with Gasteiger partial charge in [0.05, 0.1) is 58.5 Å². The molecule has 3 aliphatic rings. The van der Waals surface area contributed by atoms with Gasteiger partial charge in [-0.05, 0) is 37.1 Å². The highest BCUT2D eigenvalue weighted by atomic mass is 32.2. The summed E-state index contributed by atoms with van der Waals surface area (Å²) in [6.45, 7) is 1.93. The van der Waals surface area contributed by atoms with E-state index in [9.17, 15) is 28.8 Å². The van der Waals surface area contributed by atoms with E-state index >= 15 is 0 Å². The molecule has 1 aliphatic carbocycles. The summed E-state index contributed by atoms with van der Waals surface area (Å²) < 4.78 is 20.9. The predicted molar refractivity (Wildman–Crippen MR) is 160 cm³/mol. The number of ether oxygens (including phenoxy) is 4. The summed E-state index contributed by atoms with van der Waals surface area (Å²) >= 11 is 1.87. The second kappa shape index (κ2) is 18.4. The summed E-state index contributed by atoms with van der Waals surface area (Å²) in [6.07, 6.45) is 7.61. The van der Waals surface area contributed by atoms with Gasteiger partial charge < -0.3 is 40.2 Å². The smallest absolute Gasteiger partial charge is 0.315 e. The van der Waals surface area contributed by atoms with Crippen LogP contribution >= 0.6 is 11.8 Å². The van der Waals surface area contributed by atoms with Crippen LogP contribution in [0.2, 0.25) is 0 Å². The fourth-order valence-corrected chi connectivity index (χ4v) is 6.40. The number of ketones is 1. The van der Waals surface area contributed by atoms with Crippen LogP contribution in [0, 0.1) is 0 Å². The molecule has 0 aromatic carbocycles. The molecule has 0 spiro atoms. The maximum Gasteiger partial charge on any atom is 0.315 e. The number of amides is 4. The highest BCUT2D eigenvalue weighted by Gasteiger charge is 2.42. The third kappa shape index (κ3) is 12.3. The summed E-state index contributed by atoms with van der Waals surface area (Å²) in [4.78, 5) is 71.0. The average Bonchev–Trinajstić information content (AvgIpc) is 3.55. The molecule has 0 unspecified atom stereocenters. The number of esters is 2. The van der Waals surface area contributed by atoms with Gasteiger partial charge in [0.1, 0.15) is 0 Å². The third-order valence-electron chi connectivity index (χ3n) is 7.16. The summed E-state index contributed by atoms with van der Waals surface area (Å²) in [5.74, 6) is -1.06. The van der Waals surface area contributed by atoms with E-state index in [1.54, 1.807) is 0 Å². The first-order chi connectivity index (χ1) is 21.2. The molecule has 0 saturated carbocycles. The number of hydrogen-bond donors (Lipinski definition) is 4. The molecule has 2 heterocycles. The van der Waals surface area contributed by atoms with Crippen molar-refractivity contribution in [2.75, 3.05) is 52.4 Å². The molecule has 4 amide bonds. The molecule has 3 atom stereocenters. The number of methoxy groups -OCH3 is 1. The predicted octanol–water partition coefficient (Wildman–Crippen LogP) is 0.298. The van der Waals surface area contributed by atoms with Crippen LogP contribution in [-0.2, 0) is 42.9 Å². The minimum atomic E-state index is -1.43. The molecule has 2 aliphatic heterocycles. The van der Waals surface area contributed by atoms with Gasteiger partial charge in [0, 0.05) is 36.9 Å². The molecule has 0 radical (unpaired) electrons. The SMILES string of the molecule is COC(=O)CC1(OC(=O)CCC(=O)NCCOCCOCCNC(=O)CCCC[C@@H]2SC[C@@H]3NC(=O)N[C@@H]32)C=CC(=O)C=C1. The van der Waals surface area contributed by atoms with Crippen LogP contribution < -0.4 is 21.3 Å². The van der Waals surface area contributed by atoms with E-state index in [4.69, 9.17) is 14.2 Å². The number of nitrogens with one attached hydrogen (secondary N) is 4. The van der Waals surface area contributed by atoms with Gasteiger partial charge in [-0.15, -0.1) is 0 Å². The monoisotopic (exact) mass is 638 g/mol. The van der Waals surface area contributed by atoms with E-state index in [0.717, 1.165) is 25.0 Å². The largest absolute Gasteiger partial charge is 0.469 e. The molecule has 244 valence electrons. The summed E-state index contributed by atoms with van der Waals surface area (Å²) in [7, 11) is 1.20. The molecule has 14 nitrogen and oxygen atoms in total. The highest BCUT2D eigenvalue weighted by molar-refractivity contribution is 8.00. The molecule has 3 rings (SSSR count). The molecule has 0 aromatic rings. The normalized spacial score (nSPS) is 21.2. The number of urea groups is 1. The van der Waals surface area contributed by atoms with Crippen molar-refractivity contribution in [1.82, 2.24) is 21.3 Å². The molecule has 15 heteroatoms. The molecule has 4 N–H and O–H groups in total. The number of carbonyl (C=O) groups is 6. The summed E-state index contributed by atoms with van der Waals surface area (Å²) in [5, 5.41) is 11.8. The Morgan fingerprint density at radius 3 is 2.20 bits per heavy atom. The van der Waals surface area contributed by atoms with Crippen LogP contribution in [0.25, 0.3) is 0 Å². The number of carbonyl (C=O) groups excluding carboxylic acids is 6. The van der Waals surface area contributed by atoms with Crippen molar-refractivity contribution in [2.45, 2.75) is 67.9 Å². The molecular formula is C29H42N4O10S. The lowest BCUT2D eigenvalue weighted by Crippen LogP contribution is -2.36. The van der Waals surface area contributed by atoms with Gasteiger partial charge >= 0.3 is 18.0 Å². The van der Waals surface area contributed by atoms with Crippen molar-refractivity contribution in [1.29, 1.82) is 0 Å². The first-order valence-electron chi connectivity index (χ1n) is 14.8. The molecular weight excluding hydrogens is 596 g/mol. The molecule has 0 aromatic heterocycles. The third-order valence-corrected chi connectivity index (χ3v) is 8.67. The van der Waals surface area contributed by atoms with Crippen molar-refractivity contribution in [2.24, 2.45) is 0 Å². The van der Waals surface area contributed by atoms with Gasteiger partial charge in [-0.1, -0.05) is 6.42 Å². The fraction of sp³-hybridized carbons (Fsp3) is 0.655. The standard InChI is InChI=1S/C29H42N4O10S/c1-40-26(38)18-29(10-8-20(34)9-11-29)43-25(37)7-6-24(36)31-13-15-42-17-16-41-14-12-30-23(35)5-3-2-4-22-27-21(19-44-22)32-28(39)33-27/h8-11,21-22,27H,2-7,12-19H2,1H3,(H,30,35)(H,31,36)(H2,32,33,39)/t21-,22-,27-/m0/s1. The zero-order valence-corrected chi connectivity index (χ0v) is 25.7. The quantitative estimate of drug-likeness (QED) is 0.0816. The Labute approximate surface area is 260 Å². The van der Waals surface area contributed by atoms with E-state index in [1.165, 1.54) is 31.4 Å². The molecule has 2 fully saturated rings. The molecule has 44 heavy (non-hydrogen) atoms. The fourth-order valence-electron chi connectivity index (χ4n) is 4.85. The van der Waals surface area contributed by atoms with E-state index in [1.807, 2.05) is 11.8 Å². The van der Waals surface area contributed by atoms with E-state index < -0.39 is 17.5 Å². The van der Waals surface area contributed by atoms with Gasteiger partial charge in [-0.25, -0.2) is 4.79 Å². The lowest BCUT2D eigenvalue weighted by molar-refractivity contribution is -0.158. The van der Waals surface area contributed by atoms with Gasteiger partial charge in [0.15, 0.2) is 11.4 Å². The van der Waals surface area contributed by atoms with Crippen LogP contribution in [0.3, 0.4) is 0 Å². The van der Waals surface area contributed by atoms with Crippen molar-refractivity contribution >= 4 is 47.3 Å².